The van der Waals surface area contributed by atoms with E-state index in [1.54, 1.807) is 6.20 Å². The fraction of sp³-hybridized carbons (Fsp3) is 0.231. The maximum atomic E-state index is 12.1. The van der Waals surface area contributed by atoms with E-state index in [0.29, 0.717) is 17.0 Å². The van der Waals surface area contributed by atoms with Gasteiger partial charge in [0.25, 0.3) is 0 Å². The van der Waals surface area contributed by atoms with E-state index in [1.165, 1.54) is 11.3 Å². The van der Waals surface area contributed by atoms with Gasteiger partial charge in [-0.25, -0.2) is 4.98 Å². The van der Waals surface area contributed by atoms with Crippen molar-refractivity contribution >= 4 is 22.3 Å². The number of carbonyl (C=O) groups is 1. The zero-order chi connectivity index (χ0) is 12.8. The molecule has 0 unspecified atom stereocenters. The molecule has 3 N–H and O–H groups in total. The minimum Gasteiger partial charge on any atom is -0.361 e. The summed E-state index contributed by atoms with van der Waals surface area (Å²) < 4.78 is 0. The van der Waals surface area contributed by atoms with Crippen molar-refractivity contribution in [2.45, 2.75) is 6.42 Å². The van der Waals surface area contributed by atoms with Crippen molar-refractivity contribution in [3.05, 3.63) is 47.0 Å². The number of thiazole rings is 1. The summed E-state index contributed by atoms with van der Waals surface area (Å²) in [5.74, 6) is 0.0139. The summed E-state index contributed by atoms with van der Waals surface area (Å²) in [7, 11) is 0. The minimum atomic E-state index is 0.0139. The third-order valence-electron chi connectivity index (χ3n) is 2.42. The molecule has 5 heteroatoms. The van der Waals surface area contributed by atoms with E-state index in [9.17, 15) is 4.79 Å². The summed E-state index contributed by atoms with van der Waals surface area (Å²) in [4.78, 5) is 16.9. The van der Waals surface area contributed by atoms with Gasteiger partial charge in [0, 0.05) is 12.1 Å². The number of anilines is 1. The van der Waals surface area contributed by atoms with Crippen LogP contribution in [-0.2, 0) is 0 Å². The molecule has 0 radical (unpaired) electrons. The Labute approximate surface area is 110 Å². The molecule has 0 aliphatic heterocycles. The third-order valence-corrected chi connectivity index (χ3v) is 3.38. The molecule has 1 heterocycles. The van der Waals surface area contributed by atoms with Gasteiger partial charge in [0.1, 0.15) is 0 Å². The number of nitrogens with two attached hydrogens (primary N) is 1. The molecule has 0 atom stereocenters. The molecule has 4 nitrogen and oxygen atoms in total. The van der Waals surface area contributed by atoms with Gasteiger partial charge in [-0.15, -0.1) is 0 Å². The van der Waals surface area contributed by atoms with Gasteiger partial charge in [-0.05, 0) is 13.0 Å². The number of hydrogen-bond acceptors (Lipinski definition) is 5. The van der Waals surface area contributed by atoms with Crippen molar-refractivity contribution < 1.29 is 4.79 Å². The average Bonchev–Trinajstić information content (AvgIpc) is 2.88. The standard InChI is InChI=1S/C13H15N3OS/c14-7-4-8-15-13-16-9-11(18-13)12(17)10-5-2-1-3-6-10/h1-3,5-6,9H,4,7-8,14H2,(H,15,16). The first-order valence-corrected chi connectivity index (χ1v) is 6.62. The van der Waals surface area contributed by atoms with Crippen LogP contribution in [-0.4, -0.2) is 23.9 Å². The summed E-state index contributed by atoms with van der Waals surface area (Å²) >= 11 is 1.37. The number of ketones is 1. The van der Waals surface area contributed by atoms with Gasteiger partial charge in [0.15, 0.2) is 5.13 Å². The summed E-state index contributed by atoms with van der Waals surface area (Å²) in [5.41, 5.74) is 6.10. The van der Waals surface area contributed by atoms with Crippen LogP contribution < -0.4 is 11.1 Å². The molecule has 0 bridgehead atoms. The zero-order valence-electron chi connectivity index (χ0n) is 9.93. The van der Waals surface area contributed by atoms with E-state index in [4.69, 9.17) is 5.73 Å². The molecule has 0 saturated carbocycles. The van der Waals surface area contributed by atoms with Gasteiger partial charge in [0.2, 0.25) is 5.78 Å². The van der Waals surface area contributed by atoms with Crippen LogP contribution in [0.2, 0.25) is 0 Å². The highest BCUT2D eigenvalue weighted by Gasteiger charge is 2.12. The van der Waals surface area contributed by atoms with E-state index < -0.39 is 0 Å². The van der Waals surface area contributed by atoms with Gasteiger partial charge in [-0.3, -0.25) is 4.79 Å². The van der Waals surface area contributed by atoms with Crippen LogP contribution in [0.3, 0.4) is 0 Å². The fourth-order valence-corrected chi connectivity index (χ4v) is 2.29. The van der Waals surface area contributed by atoms with Crippen LogP contribution in [0.4, 0.5) is 5.13 Å². The fourth-order valence-electron chi connectivity index (χ4n) is 1.49. The van der Waals surface area contributed by atoms with E-state index in [2.05, 4.69) is 10.3 Å². The number of carbonyl (C=O) groups excluding carboxylic acids is 1. The predicted molar refractivity (Wildman–Crippen MR) is 74.1 cm³/mol. The quantitative estimate of drug-likeness (QED) is 0.617. The Balaban J connectivity index is 2.04. The number of nitrogens with one attached hydrogen (secondary N) is 1. The lowest BCUT2D eigenvalue weighted by Crippen LogP contribution is -2.07. The molecule has 94 valence electrons. The lowest BCUT2D eigenvalue weighted by Gasteiger charge is -1.99. The van der Waals surface area contributed by atoms with E-state index >= 15 is 0 Å². The second-order valence-corrected chi connectivity index (χ2v) is 4.82. The summed E-state index contributed by atoms with van der Waals surface area (Å²) in [5, 5.41) is 3.91. The van der Waals surface area contributed by atoms with Crippen molar-refractivity contribution in [2.75, 3.05) is 18.4 Å². The van der Waals surface area contributed by atoms with E-state index in [1.807, 2.05) is 30.3 Å². The Hall–Kier alpha value is -1.72. The topological polar surface area (TPSA) is 68.0 Å². The molecule has 0 fully saturated rings. The summed E-state index contributed by atoms with van der Waals surface area (Å²) in [6, 6.07) is 9.22. The van der Waals surface area contributed by atoms with Gasteiger partial charge >= 0.3 is 0 Å². The maximum Gasteiger partial charge on any atom is 0.204 e. The first kappa shape index (κ1) is 12.7. The lowest BCUT2D eigenvalue weighted by molar-refractivity contribution is 0.104. The smallest absolute Gasteiger partial charge is 0.204 e. The molecule has 1 aromatic heterocycles. The summed E-state index contributed by atoms with van der Waals surface area (Å²) in [6.45, 7) is 1.43. The number of benzene rings is 1. The Morgan fingerprint density at radius 2 is 2.11 bits per heavy atom. The second kappa shape index (κ2) is 6.28. The number of rotatable bonds is 6. The highest BCUT2D eigenvalue weighted by atomic mass is 32.1. The second-order valence-electron chi connectivity index (χ2n) is 3.79. The first-order chi connectivity index (χ1) is 8.81. The van der Waals surface area contributed by atoms with Crippen molar-refractivity contribution in [3.8, 4) is 0 Å². The number of aromatic nitrogens is 1. The molecular weight excluding hydrogens is 246 g/mol. The maximum absolute atomic E-state index is 12.1. The first-order valence-electron chi connectivity index (χ1n) is 5.81. The molecule has 1 aromatic carbocycles. The van der Waals surface area contributed by atoms with Gasteiger partial charge in [0.05, 0.1) is 11.1 Å². The van der Waals surface area contributed by atoms with Gasteiger partial charge < -0.3 is 11.1 Å². The highest BCUT2D eigenvalue weighted by molar-refractivity contribution is 7.17. The van der Waals surface area contributed by atoms with Crippen LogP contribution in [0.25, 0.3) is 0 Å². The minimum absolute atomic E-state index is 0.0139. The predicted octanol–water partition coefficient (Wildman–Crippen LogP) is 2.13. The molecule has 18 heavy (non-hydrogen) atoms. The van der Waals surface area contributed by atoms with Crippen LogP contribution >= 0.6 is 11.3 Å². The highest BCUT2D eigenvalue weighted by Crippen LogP contribution is 2.21. The molecule has 0 saturated heterocycles. The molecule has 2 aromatic rings. The van der Waals surface area contributed by atoms with Gasteiger partial charge in [-0.2, -0.15) is 0 Å². The molecular formula is C13H15N3OS. The Kier molecular flexibility index (Phi) is 4.44. The van der Waals surface area contributed by atoms with E-state index in [-0.39, 0.29) is 5.78 Å². The third kappa shape index (κ3) is 3.15. The van der Waals surface area contributed by atoms with E-state index in [0.717, 1.165) is 18.1 Å². The lowest BCUT2D eigenvalue weighted by atomic mass is 10.1. The Bertz CT molecular complexity index is 510. The largest absolute Gasteiger partial charge is 0.361 e. The van der Waals surface area contributed by atoms with Crippen molar-refractivity contribution in [2.24, 2.45) is 5.73 Å². The van der Waals surface area contributed by atoms with Crippen LogP contribution in [0.15, 0.2) is 36.5 Å². The van der Waals surface area contributed by atoms with Gasteiger partial charge in [-0.1, -0.05) is 41.7 Å². The monoisotopic (exact) mass is 261 g/mol. The van der Waals surface area contributed by atoms with Crippen molar-refractivity contribution in [3.63, 3.8) is 0 Å². The molecule has 0 amide bonds. The van der Waals surface area contributed by atoms with Crippen LogP contribution in [0, 0.1) is 0 Å². The normalized spacial score (nSPS) is 10.3. The average molecular weight is 261 g/mol. The SMILES string of the molecule is NCCCNc1ncc(C(=O)c2ccccc2)s1. The summed E-state index contributed by atoms with van der Waals surface area (Å²) in [6.07, 6.45) is 2.51. The number of nitrogens with zero attached hydrogens (tertiary/aromatic N) is 1. The zero-order valence-corrected chi connectivity index (χ0v) is 10.7. The van der Waals surface area contributed by atoms with Crippen molar-refractivity contribution in [1.29, 1.82) is 0 Å². The Morgan fingerprint density at radius 1 is 1.33 bits per heavy atom. The van der Waals surface area contributed by atoms with Crippen molar-refractivity contribution in [1.82, 2.24) is 4.98 Å². The molecule has 0 spiro atoms. The molecule has 0 aliphatic rings. The molecule has 2 rings (SSSR count). The Morgan fingerprint density at radius 3 is 2.83 bits per heavy atom. The van der Waals surface area contributed by atoms with Crippen LogP contribution in [0.1, 0.15) is 21.7 Å². The number of hydrogen-bond donors (Lipinski definition) is 2. The molecule has 0 aliphatic carbocycles. The van der Waals surface area contributed by atoms with Crippen LogP contribution in [0.5, 0.6) is 0 Å².